The molecule has 4 aliphatic rings. The van der Waals surface area contributed by atoms with Crippen LogP contribution in [0.3, 0.4) is 0 Å². The maximum absolute atomic E-state index is 13.2. The molecule has 31 heavy (non-hydrogen) atoms. The van der Waals surface area contributed by atoms with E-state index in [0.717, 1.165) is 42.6 Å². The Bertz CT molecular complexity index is 939. The fourth-order valence-electron chi connectivity index (χ4n) is 6.61. The highest BCUT2D eigenvalue weighted by Crippen LogP contribution is 2.55. The van der Waals surface area contributed by atoms with E-state index in [1.807, 2.05) is 30.3 Å². The lowest BCUT2D eigenvalue weighted by Crippen LogP contribution is -2.60. The summed E-state index contributed by atoms with van der Waals surface area (Å²) in [6.45, 7) is 0. The second kappa shape index (κ2) is 8.31. The van der Waals surface area contributed by atoms with Crippen LogP contribution in [-0.4, -0.2) is 17.4 Å². The van der Waals surface area contributed by atoms with Crippen LogP contribution < -0.4 is 10.6 Å². The van der Waals surface area contributed by atoms with Crippen LogP contribution in [0.1, 0.15) is 66.9 Å². The number of carbonyl (C=O) groups excluding carboxylic acids is 2. The Morgan fingerprint density at radius 3 is 2.10 bits per heavy atom. The predicted octanol–water partition coefficient (Wildman–Crippen LogP) is 5.29. The van der Waals surface area contributed by atoms with E-state index in [0.29, 0.717) is 10.6 Å². The van der Waals surface area contributed by atoms with E-state index < -0.39 is 6.04 Å². The summed E-state index contributed by atoms with van der Waals surface area (Å²) in [6, 6.07) is 16.3. The zero-order chi connectivity index (χ0) is 21.4. The molecule has 4 saturated carbocycles. The SMILES string of the molecule is O=C(CC(NC(=O)c1ccccc1Cl)c1ccccc1)NC12CC3CC(CC(C3)C1)C2. The Morgan fingerprint density at radius 1 is 0.903 bits per heavy atom. The molecule has 0 aliphatic heterocycles. The fraction of sp³-hybridized carbons (Fsp3) is 0.462. The summed E-state index contributed by atoms with van der Waals surface area (Å²) in [5, 5.41) is 6.89. The van der Waals surface area contributed by atoms with Crippen molar-refractivity contribution in [3.8, 4) is 0 Å². The first-order chi connectivity index (χ1) is 15.0. The summed E-state index contributed by atoms with van der Waals surface area (Å²) >= 11 is 6.22. The van der Waals surface area contributed by atoms with Crippen LogP contribution in [0.4, 0.5) is 0 Å². The molecule has 6 rings (SSSR count). The normalized spacial score (nSPS) is 29.4. The van der Waals surface area contributed by atoms with Crippen molar-refractivity contribution in [3.05, 3.63) is 70.7 Å². The first-order valence-corrected chi connectivity index (χ1v) is 11.8. The molecule has 2 aromatic carbocycles. The molecule has 0 spiro atoms. The average molecular weight is 437 g/mol. The molecule has 2 N–H and O–H groups in total. The second-order valence-corrected chi connectivity index (χ2v) is 10.3. The first-order valence-electron chi connectivity index (χ1n) is 11.4. The molecule has 0 saturated heterocycles. The van der Waals surface area contributed by atoms with E-state index in [1.165, 1.54) is 19.3 Å². The average Bonchev–Trinajstić information content (AvgIpc) is 2.72. The van der Waals surface area contributed by atoms with E-state index in [1.54, 1.807) is 24.3 Å². The maximum Gasteiger partial charge on any atom is 0.253 e. The Hall–Kier alpha value is -2.33. The molecular formula is C26H29ClN2O2. The van der Waals surface area contributed by atoms with Gasteiger partial charge in [0.15, 0.2) is 0 Å². The van der Waals surface area contributed by atoms with Crippen molar-refractivity contribution < 1.29 is 9.59 Å². The van der Waals surface area contributed by atoms with E-state index in [-0.39, 0.29) is 23.8 Å². The minimum absolute atomic E-state index is 0.0234. The molecular weight excluding hydrogens is 408 g/mol. The lowest BCUT2D eigenvalue weighted by molar-refractivity contribution is -0.127. The Balaban J connectivity index is 1.31. The lowest BCUT2D eigenvalue weighted by atomic mass is 9.53. The van der Waals surface area contributed by atoms with Gasteiger partial charge in [0.2, 0.25) is 5.91 Å². The van der Waals surface area contributed by atoms with Crippen LogP contribution in [0, 0.1) is 17.8 Å². The summed E-state index contributed by atoms with van der Waals surface area (Å²) in [7, 11) is 0. The van der Waals surface area contributed by atoms with Crippen molar-refractivity contribution >= 4 is 23.4 Å². The van der Waals surface area contributed by atoms with Gasteiger partial charge in [-0.25, -0.2) is 0 Å². The zero-order valence-corrected chi connectivity index (χ0v) is 18.4. The standard InChI is InChI=1S/C26H29ClN2O2/c27-22-9-5-4-8-21(22)25(31)28-23(20-6-2-1-3-7-20)13-24(30)29-26-14-17-10-18(15-26)12-19(11-17)16-26/h1-9,17-19,23H,10-16H2,(H,28,31)(H,29,30). The van der Waals surface area contributed by atoms with Crippen LogP contribution >= 0.6 is 11.6 Å². The lowest BCUT2D eigenvalue weighted by Gasteiger charge is -2.57. The quantitative estimate of drug-likeness (QED) is 0.646. The summed E-state index contributed by atoms with van der Waals surface area (Å²) in [5.74, 6) is 2.08. The van der Waals surface area contributed by atoms with Gasteiger partial charge in [0, 0.05) is 5.54 Å². The number of hydrogen-bond acceptors (Lipinski definition) is 2. The number of carbonyl (C=O) groups is 2. The summed E-state index contributed by atoms with van der Waals surface area (Å²) in [5.41, 5.74) is 1.31. The number of amides is 2. The highest BCUT2D eigenvalue weighted by atomic mass is 35.5. The van der Waals surface area contributed by atoms with E-state index in [2.05, 4.69) is 10.6 Å². The predicted molar refractivity (Wildman–Crippen MR) is 122 cm³/mol. The smallest absolute Gasteiger partial charge is 0.253 e. The van der Waals surface area contributed by atoms with Crippen LogP contribution in [0.25, 0.3) is 0 Å². The van der Waals surface area contributed by atoms with E-state index in [9.17, 15) is 9.59 Å². The van der Waals surface area contributed by atoms with Gasteiger partial charge < -0.3 is 10.6 Å². The summed E-state index contributed by atoms with van der Waals surface area (Å²) in [6.07, 6.45) is 7.61. The van der Waals surface area contributed by atoms with E-state index in [4.69, 9.17) is 11.6 Å². The van der Waals surface area contributed by atoms with Crippen molar-refractivity contribution in [3.63, 3.8) is 0 Å². The minimum atomic E-state index is -0.404. The molecule has 4 nitrogen and oxygen atoms in total. The third-order valence-electron chi connectivity index (χ3n) is 7.46. The third-order valence-corrected chi connectivity index (χ3v) is 7.79. The van der Waals surface area contributed by atoms with Gasteiger partial charge in [-0.3, -0.25) is 9.59 Å². The van der Waals surface area contributed by atoms with Gasteiger partial charge in [0.05, 0.1) is 23.0 Å². The largest absolute Gasteiger partial charge is 0.351 e. The van der Waals surface area contributed by atoms with Crippen LogP contribution in [0.2, 0.25) is 5.02 Å². The molecule has 162 valence electrons. The van der Waals surface area contributed by atoms with Gasteiger partial charge in [0.25, 0.3) is 5.91 Å². The van der Waals surface area contributed by atoms with Gasteiger partial charge in [-0.2, -0.15) is 0 Å². The van der Waals surface area contributed by atoms with Crippen LogP contribution in [0.5, 0.6) is 0 Å². The first kappa shape index (κ1) is 20.6. The number of benzene rings is 2. The molecule has 4 fully saturated rings. The molecule has 0 heterocycles. The fourth-order valence-corrected chi connectivity index (χ4v) is 6.84. The highest BCUT2D eigenvalue weighted by molar-refractivity contribution is 6.33. The highest BCUT2D eigenvalue weighted by Gasteiger charge is 2.51. The van der Waals surface area contributed by atoms with Gasteiger partial charge in [0.1, 0.15) is 0 Å². The van der Waals surface area contributed by atoms with Gasteiger partial charge in [-0.15, -0.1) is 0 Å². The number of nitrogens with one attached hydrogen (secondary N) is 2. The number of rotatable bonds is 6. The summed E-state index contributed by atoms with van der Waals surface area (Å²) in [4.78, 5) is 26.1. The molecule has 4 bridgehead atoms. The minimum Gasteiger partial charge on any atom is -0.351 e. The Kier molecular flexibility index (Phi) is 5.51. The van der Waals surface area contributed by atoms with Crippen LogP contribution in [-0.2, 0) is 4.79 Å². The molecule has 4 aliphatic carbocycles. The maximum atomic E-state index is 13.2. The third kappa shape index (κ3) is 4.36. The monoisotopic (exact) mass is 436 g/mol. The van der Waals surface area contributed by atoms with Crippen molar-refractivity contribution in [2.45, 2.75) is 56.5 Å². The van der Waals surface area contributed by atoms with Gasteiger partial charge in [-0.1, -0.05) is 54.1 Å². The van der Waals surface area contributed by atoms with Crippen molar-refractivity contribution in [2.24, 2.45) is 17.8 Å². The number of halogens is 1. The molecule has 1 atom stereocenters. The number of hydrogen-bond donors (Lipinski definition) is 2. The van der Waals surface area contributed by atoms with Gasteiger partial charge in [-0.05, 0) is 74.0 Å². The van der Waals surface area contributed by atoms with Crippen molar-refractivity contribution in [2.75, 3.05) is 0 Å². The van der Waals surface area contributed by atoms with Crippen molar-refractivity contribution in [1.82, 2.24) is 10.6 Å². The van der Waals surface area contributed by atoms with Crippen LogP contribution in [0.15, 0.2) is 54.6 Å². The molecule has 0 aromatic heterocycles. The molecule has 5 heteroatoms. The van der Waals surface area contributed by atoms with Crippen molar-refractivity contribution in [1.29, 1.82) is 0 Å². The van der Waals surface area contributed by atoms with E-state index >= 15 is 0 Å². The Morgan fingerprint density at radius 2 is 1.48 bits per heavy atom. The Labute approximate surface area is 188 Å². The topological polar surface area (TPSA) is 58.2 Å². The summed E-state index contributed by atoms with van der Waals surface area (Å²) < 4.78 is 0. The molecule has 2 aromatic rings. The molecule has 1 unspecified atom stereocenters. The zero-order valence-electron chi connectivity index (χ0n) is 17.6. The molecule has 2 amide bonds. The second-order valence-electron chi connectivity index (χ2n) is 9.87. The van der Waals surface area contributed by atoms with Gasteiger partial charge >= 0.3 is 0 Å². The molecule has 0 radical (unpaired) electrons.